The first-order valence-electron chi connectivity index (χ1n) is 6.41. The summed E-state index contributed by atoms with van der Waals surface area (Å²) in [5.41, 5.74) is 5.11. The van der Waals surface area contributed by atoms with E-state index in [2.05, 4.69) is 23.5 Å². The normalized spacial score (nSPS) is 14.9. The van der Waals surface area contributed by atoms with E-state index >= 15 is 0 Å². The van der Waals surface area contributed by atoms with Crippen LogP contribution in [0, 0.1) is 5.82 Å². The minimum absolute atomic E-state index is 0.183. The molecule has 0 aromatic heterocycles. The Bertz CT molecular complexity index is 546. The predicted octanol–water partition coefficient (Wildman–Crippen LogP) is 3.18. The van der Waals surface area contributed by atoms with Crippen molar-refractivity contribution in [1.29, 1.82) is 0 Å². The molecule has 2 aromatic carbocycles. The predicted molar refractivity (Wildman–Crippen MR) is 72.1 cm³/mol. The van der Waals surface area contributed by atoms with Gasteiger partial charge in [0.15, 0.2) is 0 Å². The van der Waals surface area contributed by atoms with Crippen LogP contribution in [-0.2, 0) is 12.8 Å². The third-order valence-corrected chi connectivity index (χ3v) is 3.53. The highest BCUT2D eigenvalue weighted by molar-refractivity contribution is 5.65. The second kappa shape index (κ2) is 4.91. The van der Waals surface area contributed by atoms with Gasteiger partial charge in [-0.15, -0.1) is 0 Å². The van der Waals surface area contributed by atoms with Gasteiger partial charge < -0.3 is 5.32 Å². The molecule has 0 saturated heterocycles. The van der Waals surface area contributed by atoms with Crippen molar-refractivity contribution < 1.29 is 4.39 Å². The van der Waals surface area contributed by atoms with Crippen LogP contribution in [-0.4, -0.2) is 13.1 Å². The number of rotatable bonds is 1. The van der Waals surface area contributed by atoms with Crippen molar-refractivity contribution in [2.24, 2.45) is 0 Å². The Morgan fingerprint density at radius 3 is 2.22 bits per heavy atom. The molecular formula is C16H16FN. The molecule has 0 spiro atoms. The number of fused-ring (bicyclic) bond motifs is 1. The largest absolute Gasteiger partial charge is 0.316 e. The SMILES string of the molecule is Fc1ccc(-c2ccc3c(c2)CCNCC3)cc1. The van der Waals surface area contributed by atoms with Crippen LogP contribution >= 0.6 is 0 Å². The molecule has 0 aliphatic carbocycles. The average Bonchev–Trinajstić information content (AvgIpc) is 2.64. The molecule has 0 saturated carbocycles. The van der Waals surface area contributed by atoms with Gasteiger partial charge in [0.1, 0.15) is 5.82 Å². The first kappa shape index (κ1) is 11.4. The van der Waals surface area contributed by atoms with Gasteiger partial charge in [-0.2, -0.15) is 0 Å². The van der Waals surface area contributed by atoms with Gasteiger partial charge in [0.05, 0.1) is 0 Å². The minimum Gasteiger partial charge on any atom is -0.316 e. The lowest BCUT2D eigenvalue weighted by molar-refractivity contribution is 0.628. The zero-order chi connectivity index (χ0) is 12.4. The molecule has 1 heterocycles. The first-order chi connectivity index (χ1) is 8.83. The van der Waals surface area contributed by atoms with Crippen LogP contribution in [0.1, 0.15) is 11.1 Å². The number of hydrogen-bond acceptors (Lipinski definition) is 1. The van der Waals surface area contributed by atoms with E-state index in [0.717, 1.165) is 31.5 Å². The van der Waals surface area contributed by atoms with Crippen LogP contribution in [0.15, 0.2) is 42.5 Å². The van der Waals surface area contributed by atoms with E-state index in [1.807, 2.05) is 12.1 Å². The summed E-state index contributed by atoms with van der Waals surface area (Å²) in [7, 11) is 0. The van der Waals surface area contributed by atoms with E-state index < -0.39 is 0 Å². The van der Waals surface area contributed by atoms with Crippen LogP contribution in [0.25, 0.3) is 11.1 Å². The maximum atomic E-state index is 12.9. The van der Waals surface area contributed by atoms with E-state index in [-0.39, 0.29) is 5.82 Å². The second-order valence-electron chi connectivity index (χ2n) is 4.74. The Labute approximate surface area is 107 Å². The molecule has 0 unspecified atom stereocenters. The molecule has 0 atom stereocenters. The molecular weight excluding hydrogens is 225 g/mol. The fourth-order valence-electron chi connectivity index (χ4n) is 2.50. The third-order valence-electron chi connectivity index (χ3n) is 3.53. The fraction of sp³-hybridized carbons (Fsp3) is 0.250. The van der Waals surface area contributed by atoms with Gasteiger partial charge >= 0.3 is 0 Å². The molecule has 0 amide bonds. The first-order valence-corrected chi connectivity index (χ1v) is 6.41. The van der Waals surface area contributed by atoms with Crippen LogP contribution in [0.3, 0.4) is 0 Å². The molecule has 2 heteroatoms. The quantitative estimate of drug-likeness (QED) is 0.808. The number of benzene rings is 2. The van der Waals surface area contributed by atoms with Gasteiger partial charge in [0, 0.05) is 0 Å². The van der Waals surface area contributed by atoms with Gasteiger partial charge in [-0.1, -0.05) is 30.3 Å². The van der Waals surface area contributed by atoms with E-state index in [0.29, 0.717) is 0 Å². The van der Waals surface area contributed by atoms with Gasteiger partial charge in [-0.05, 0) is 60.3 Å². The summed E-state index contributed by atoms with van der Waals surface area (Å²) in [5, 5.41) is 3.41. The van der Waals surface area contributed by atoms with Gasteiger partial charge in [0.25, 0.3) is 0 Å². The zero-order valence-corrected chi connectivity index (χ0v) is 10.2. The molecule has 18 heavy (non-hydrogen) atoms. The highest BCUT2D eigenvalue weighted by Gasteiger charge is 2.08. The number of hydrogen-bond donors (Lipinski definition) is 1. The molecule has 0 bridgehead atoms. The third kappa shape index (κ3) is 2.29. The molecule has 0 fully saturated rings. The van der Waals surface area contributed by atoms with Crippen molar-refractivity contribution >= 4 is 0 Å². The monoisotopic (exact) mass is 241 g/mol. The summed E-state index contributed by atoms with van der Waals surface area (Å²) in [6.45, 7) is 2.10. The average molecular weight is 241 g/mol. The maximum absolute atomic E-state index is 12.9. The lowest BCUT2D eigenvalue weighted by Gasteiger charge is -2.08. The molecule has 92 valence electrons. The molecule has 1 aliphatic rings. The van der Waals surface area contributed by atoms with E-state index in [1.54, 1.807) is 0 Å². The van der Waals surface area contributed by atoms with Gasteiger partial charge in [0.2, 0.25) is 0 Å². The molecule has 1 N–H and O–H groups in total. The fourth-order valence-corrected chi connectivity index (χ4v) is 2.50. The summed E-state index contributed by atoms with van der Waals surface area (Å²) >= 11 is 0. The molecule has 1 aliphatic heterocycles. The highest BCUT2D eigenvalue weighted by atomic mass is 19.1. The lowest BCUT2D eigenvalue weighted by atomic mass is 9.96. The Kier molecular flexibility index (Phi) is 3.11. The van der Waals surface area contributed by atoms with Crippen molar-refractivity contribution in [2.45, 2.75) is 12.8 Å². The van der Waals surface area contributed by atoms with Crippen molar-refractivity contribution in [2.75, 3.05) is 13.1 Å². The van der Waals surface area contributed by atoms with Crippen LogP contribution < -0.4 is 5.32 Å². The second-order valence-corrected chi connectivity index (χ2v) is 4.74. The van der Waals surface area contributed by atoms with Crippen molar-refractivity contribution in [1.82, 2.24) is 5.32 Å². The van der Waals surface area contributed by atoms with Crippen molar-refractivity contribution in [3.63, 3.8) is 0 Å². The maximum Gasteiger partial charge on any atom is 0.123 e. The van der Waals surface area contributed by atoms with Crippen LogP contribution in [0.5, 0.6) is 0 Å². The van der Waals surface area contributed by atoms with Crippen LogP contribution in [0.2, 0.25) is 0 Å². The van der Waals surface area contributed by atoms with E-state index in [1.165, 1.54) is 28.8 Å². The van der Waals surface area contributed by atoms with Gasteiger partial charge in [-0.25, -0.2) is 4.39 Å². The molecule has 1 nitrogen and oxygen atoms in total. The number of halogens is 1. The summed E-state index contributed by atoms with van der Waals surface area (Å²) < 4.78 is 12.9. The lowest BCUT2D eigenvalue weighted by Crippen LogP contribution is -2.16. The smallest absolute Gasteiger partial charge is 0.123 e. The van der Waals surface area contributed by atoms with E-state index in [9.17, 15) is 4.39 Å². The zero-order valence-electron chi connectivity index (χ0n) is 10.2. The molecule has 0 radical (unpaired) electrons. The molecule has 2 aromatic rings. The summed E-state index contributed by atoms with van der Waals surface area (Å²) in [6.07, 6.45) is 2.17. The Morgan fingerprint density at radius 1 is 0.778 bits per heavy atom. The summed E-state index contributed by atoms with van der Waals surface area (Å²) in [5.74, 6) is -0.183. The Hall–Kier alpha value is -1.67. The Morgan fingerprint density at radius 2 is 1.44 bits per heavy atom. The van der Waals surface area contributed by atoms with Crippen molar-refractivity contribution in [3.05, 3.63) is 59.4 Å². The van der Waals surface area contributed by atoms with Crippen LogP contribution in [0.4, 0.5) is 4.39 Å². The topological polar surface area (TPSA) is 12.0 Å². The highest BCUT2D eigenvalue weighted by Crippen LogP contribution is 2.24. The standard InChI is InChI=1S/C16H16FN/c17-16-5-3-12(4-6-16)14-2-1-13-7-9-18-10-8-15(13)11-14/h1-6,11,18H,7-10H2. The van der Waals surface area contributed by atoms with E-state index in [4.69, 9.17) is 0 Å². The summed E-state index contributed by atoms with van der Waals surface area (Å²) in [4.78, 5) is 0. The number of nitrogens with one attached hydrogen (secondary N) is 1. The van der Waals surface area contributed by atoms with Gasteiger partial charge in [-0.3, -0.25) is 0 Å². The minimum atomic E-state index is -0.183. The molecule has 3 rings (SSSR count). The van der Waals surface area contributed by atoms with Crippen molar-refractivity contribution in [3.8, 4) is 11.1 Å². The summed E-state index contributed by atoms with van der Waals surface area (Å²) in [6, 6.07) is 13.3. The Balaban J connectivity index is 1.98.